The van der Waals surface area contributed by atoms with E-state index in [0.717, 1.165) is 5.39 Å². The Kier molecular flexibility index (Phi) is 4.85. The predicted molar refractivity (Wildman–Crippen MR) is 100 cm³/mol. The van der Waals surface area contributed by atoms with Crippen molar-refractivity contribution in [2.75, 3.05) is 5.32 Å². The number of fused-ring (bicyclic) bond motifs is 1. The first-order valence-electron chi connectivity index (χ1n) is 7.43. The van der Waals surface area contributed by atoms with E-state index in [4.69, 9.17) is 16.6 Å². The standard InChI is InChI=1S/C18H14FN3O2S/c1-11(13-10-12-6-2-5-9-16(12)24-17(13)23)21-22-18(25)20-15-8-4-3-7-14(15)19/h2-10H,1H3,(H2,20,22,25). The van der Waals surface area contributed by atoms with Gasteiger partial charge in [-0.2, -0.15) is 5.10 Å². The first-order valence-corrected chi connectivity index (χ1v) is 7.84. The number of nitrogens with one attached hydrogen (secondary N) is 2. The fraction of sp³-hybridized carbons (Fsp3) is 0.0556. The second-order valence-corrected chi connectivity index (χ2v) is 5.64. The summed E-state index contributed by atoms with van der Waals surface area (Å²) in [5.41, 5.74) is 3.56. The Morgan fingerprint density at radius 3 is 2.68 bits per heavy atom. The maximum atomic E-state index is 13.6. The van der Waals surface area contributed by atoms with E-state index in [-0.39, 0.29) is 10.8 Å². The van der Waals surface area contributed by atoms with Gasteiger partial charge in [-0.05, 0) is 43.4 Å². The molecule has 0 fully saturated rings. The van der Waals surface area contributed by atoms with Gasteiger partial charge in [0.15, 0.2) is 5.11 Å². The molecule has 0 radical (unpaired) electrons. The molecule has 126 valence electrons. The Morgan fingerprint density at radius 1 is 1.16 bits per heavy atom. The van der Waals surface area contributed by atoms with Crippen molar-refractivity contribution in [3.8, 4) is 0 Å². The van der Waals surface area contributed by atoms with Crippen LogP contribution in [-0.2, 0) is 0 Å². The lowest BCUT2D eigenvalue weighted by atomic mass is 10.1. The SMILES string of the molecule is CC(=NNC(=S)Nc1ccccc1F)c1cc2ccccc2oc1=O. The number of nitrogens with zero attached hydrogens (tertiary/aromatic N) is 1. The molecule has 0 saturated heterocycles. The van der Waals surface area contributed by atoms with Crippen LogP contribution in [0.1, 0.15) is 12.5 Å². The van der Waals surface area contributed by atoms with Gasteiger partial charge < -0.3 is 9.73 Å². The van der Waals surface area contributed by atoms with Gasteiger partial charge in [-0.1, -0.05) is 30.3 Å². The molecule has 1 aromatic heterocycles. The largest absolute Gasteiger partial charge is 0.422 e. The topological polar surface area (TPSA) is 66.6 Å². The van der Waals surface area contributed by atoms with Crippen LogP contribution in [0, 0.1) is 5.82 Å². The average molecular weight is 355 g/mol. The molecule has 0 bridgehead atoms. The van der Waals surface area contributed by atoms with Crippen LogP contribution in [0.15, 0.2) is 68.9 Å². The third-order valence-electron chi connectivity index (χ3n) is 3.48. The zero-order valence-corrected chi connectivity index (χ0v) is 14.1. The third kappa shape index (κ3) is 3.89. The molecule has 0 saturated carbocycles. The van der Waals surface area contributed by atoms with E-state index in [2.05, 4.69) is 15.8 Å². The van der Waals surface area contributed by atoms with Gasteiger partial charge in [-0.25, -0.2) is 9.18 Å². The minimum atomic E-state index is -0.491. The van der Waals surface area contributed by atoms with Crippen LogP contribution in [0.2, 0.25) is 0 Å². The maximum absolute atomic E-state index is 13.6. The molecule has 0 amide bonds. The summed E-state index contributed by atoms with van der Waals surface area (Å²) in [5.74, 6) is -0.428. The minimum Gasteiger partial charge on any atom is -0.422 e. The number of hydrogen-bond donors (Lipinski definition) is 2. The Hall–Kier alpha value is -3.06. The summed E-state index contributed by atoms with van der Waals surface area (Å²) in [6, 6.07) is 15.0. The van der Waals surface area contributed by atoms with Gasteiger partial charge in [0.25, 0.3) is 0 Å². The van der Waals surface area contributed by atoms with Crippen LogP contribution < -0.4 is 16.4 Å². The number of hydrogen-bond acceptors (Lipinski definition) is 4. The van der Waals surface area contributed by atoms with Crippen molar-refractivity contribution in [2.24, 2.45) is 5.10 Å². The molecule has 3 rings (SSSR count). The summed E-state index contributed by atoms with van der Waals surface area (Å²) in [7, 11) is 0. The van der Waals surface area contributed by atoms with Gasteiger partial charge >= 0.3 is 5.63 Å². The normalized spacial score (nSPS) is 11.4. The van der Waals surface area contributed by atoms with Gasteiger partial charge in [-0.3, -0.25) is 5.43 Å². The van der Waals surface area contributed by atoms with E-state index in [0.29, 0.717) is 16.9 Å². The number of rotatable bonds is 3. The molecule has 0 atom stereocenters. The predicted octanol–water partition coefficient (Wildman–Crippen LogP) is 3.64. The zero-order chi connectivity index (χ0) is 17.8. The zero-order valence-electron chi connectivity index (χ0n) is 13.2. The molecule has 2 aromatic carbocycles. The lowest BCUT2D eigenvalue weighted by Gasteiger charge is -2.08. The highest BCUT2D eigenvalue weighted by atomic mass is 32.1. The number of thiocarbonyl (C=S) groups is 1. The highest BCUT2D eigenvalue weighted by molar-refractivity contribution is 7.80. The van der Waals surface area contributed by atoms with Crippen LogP contribution in [-0.4, -0.2) is 10.8 Å². The molecule has 7 heteroatoms. The van der Waals surface area contributed by atoms with Crippen LogP contribution in [0.3, 0.4) is 0 Å². The summed E-state index contributed by atoms with van der Waals surface area (Å²) in [5, 5.41) is 7.66. The molecular formula is C18H14FN3O2S. The Morgan fingerprint density at radius 2 is 1.88 bits per heavy atom. The number of para-hydroxylation sites is 2. The van der Waals surface area contributed by atoms with Crippen molar-refractivity contribution in [2.45, 2.75) is 6.92 Å². The number of halogens is 1. The molecule has 3 aromatic rings. The highest BCUT2D eigenvalue weighted by Gasteiger charge is 2.09. The van der Waals surface area contributed by atoms with Crippen molar-refractivity contribution in [1.29, 1.82) is 0 Å². The van der Waals surface area contributed by atoms with E-state index in [1.807, 2.05) is 12.1 Å². The van der Waals surface area contributed by atoms with Crippen LogP contribution in [0.4, 0.5) is 10.1 Å². The highest BCUT2D eigenvalue weighted by Crippen LogP contribution is 2.13. The number of hydrazone groups is 1. The molecule has 0 spiro atoms. The van der Waals surface area contributed by atoms with Crippen molar-refractivity contribution in [3.05, 3.63) is 76.4 Å². The molecule has 1 heterocycles. The Labute approximate surface area is 148 Å². The lowest BCUT2D eigenvalue weighted by Crippen LogP contribution is -2.26. The van der Waals surface area contributed by atoms with E-state index in [1.165, 1.54) is 6.07 Å². The summed E-state index contributed by atoms with van der Waals surface area (Å²) in [4.78, 5) is 12.1. The summed E-state index contributed by atoms with van der Waals surface area (Å²) in [6.07, 6.45) is 0. The van der Waals surface area contributed by atoms with Crippen LogP contribution >= 0.6 is 12.2 Å². The fourth-order valence-corrected chi connectivity index (χ4v) is 2.38. The van der Waals surface area contributed by atoms with Gasteiger partial charge in [0.1, 0.15) is 11.4 Å². The first-order chi connectivity index (χ1) is 12.0. The van der Waals surface area contributed by atoms with Gasteiger partial charge in [0, 0.05) is 5.39 Å². The van der Waals surface area contributed by atoms with E-state index in [1.54, 1.807) is 43.3 Å². The van der Waals surface area contributed by atoms with Crippen molar-refractivity contribution < 1.29 is 8.81 Å². The van der Waals surface area contributed by atoms with E-state index < -0.39 is 11.4 Å². The third-order valence-corrected chi connectivity index (χ3v) is 3.67. The van der Waals surface area contributed by atoms with Crippen molar-refractivity contribution in [1.82, 2.24) is 5.43 Å². The maximum Gasteiger partial charge on any atom is 0.345 e. The van der Waals surface area contributed by atoms with Gasteiger partial charge in [0.05, 0.1) is 17.0 Å². The quantitative estimate of drug-likeness (QED) is 0.325. The molecule has 0 aliphatic rings. The molecule has 25 heavy (non-hydrogen) atoms. The average Bonchev–Trinajstić information content (AvgIpc) is 2.61. The van der Waals surface area contributed by atoms with Crippen LogP contribution in [0.5, 0.6) is 0 Å². The lowest BCUT2D eigenvalue weighted by molar-refractivity contribution is 0.559. The van der Waals surface area contributed by atoms with Crippen molar-refractivity contribution in [3.63, 3.8) is 0 Å². The summed E-state index contributed by atoms with van der Waals surface area (Å²) < 4.78 is 18.8. The second-order valence-electron chi connectivity index (χ2n) is 5.23. The minimum absolute atomic E-state index is 0.106. The molecule has 0 unspecified atom stereocenters. The molecule has 0 aliphatic carbocycles. The molecule has 5 nitrogen and oxygen atoms in total. The monoisotopic (exact) mass is 355 g/mol. The molecule has 2 N–H and O–H groups in total. The van der Waals surface area contributed by atoms with Crippen molar-refractivity contribution >= 4 is 39.7 Å². The summed E-state index contributed by atoms with van der Waals surface area (Å²) >= 11 is 5.08. The number of anilines is 1. The Bertz CT molecular complexity index is 1030. The van der Waals surface area contributed by atoms with E-state index in [9.17, 15) is 9.18 Å². The smallest absolute Gasteiger partial charge is 0.345 e. The Balaban J connectivity index is 1.77. The second kappa shape index (κ2) is 7.23. The first kappa shape index (κ1) is 16.8. The van der Waals surface area contributed by atoms with Gasteiger partial charge in [-0.15, -0.1) is 0 Å². The summed E-state index contributed by atoms with van der Waals surface area (Å²) in [6.45, 7) is 1.65. The number of benzene rings is 2. The van der Waals surface area contributed by atoms with E-state index >= 15 is 0 Å². The fourth-order valence-electron chi connectivity index (χ4n) is 2.22. The van der Waals surface area contributed by atoms with Crippen LogP contribution in [0.25, 0.3) is 11.0 Å². The van der Waals surface area contributed by atoms with Gasteiger partial charge in [0.2, 0.25) is 0 Å². The molecular weight excluding hydrogens is 341 g/mol. The molecule has 0 aliphatic heterocycles.